The van der Waals surface area contributed by atoms with Crippen LogP contribution in [0.25, 0.3) is 0 Å². The Labute approximate surface area is 196 Å². The van der Waals surface area contributed by atoms with E-state index in [4.69, 9.17) is 13.9 Å². The van der Waals surface area contributed by atoms with E-state index in [0.717, 1.165) is 18.0 Å². The lowest BCUT2D eigenvalue weighted by Crippen LogP contribution is -2.29. The summed E-state index contributed by atoms with van der Waals surface area (Å²) in [4.78, 5) is 32.1. The summed E-state index contributed by atoms with van der Waals surface area (Å²) in [6.07, 6.45) is 5.53. The number of thioether (sulfide) groups is 1. The van der Waals surface area contributed by atoms with E-state index in [9.17, 15) is 9.59 Å². The molecular weight excluding hydrogens is 444 g/mol. The van der Waals surface area contributed by atoms with E-state index in [1.165, 1.54) is 26.0 Å². The number of aromatic nitrogens is 2. The number of methoxy groups -OCH3 is 2. The molecule has 0 saturated carbocycles. The van der Waals surface area contributed by atoms with Gasteiger partial charge in [-0.2, -0.15) is 0 Å². The number of furan rings is 1. The molecule has 0 radical (unpaired) electrons. The van der Waals surface area contributed by atoms with Crippen molar-refractivity contribution >= 4 is 29.3 Å². The van der Waals surface area contributed by atoms with Crippen molar-refractivity contribution in [3.05, 3.63) is 53.7 Å². The summed E-state index contributed by atoms with van der Waals surface area (Å²) < 4.78 is 18.4. The van der Waals surface area contributed by atoms with Gasteiger partial charge in [-0.1, -0.05) is 11.8 Å². The zero-order valence-electron chi connectivity index (χ0n) is 18.8. The molecule has 33 heavy (non-hydrogen) atoms. The van der Waals surface area contributed by atoms with Gasteiger partial charge >= 0.3 is 0 Å². The molecule has 174 valence electrons. The van der Waals surface area contributed by atoms with E-state index < -0.39 is 5.91 Å². The van der Waals surface area contributed by atoms with Gasteiger partial charge in [0.05, 0.1) is 31.2 Å². The molecule has 1 N–H and O–H groups in total. The average molecular weight is 471 g/mol. The lowest BCUT2D eigenvalue weighted by molar-refractivity contribution is 0.0793. The molecule has 0 atom stereocenters. The van der Waals surface area contributed by atoms with Crippen molar-refractivity contribution in [2.24, 2.45) is 7.05 Å². The smallest absolute Gasteiger partial charge is 0.291 e. The molecule has 4 rings (SSSR count). The topological polar surface area (TPSA) is 98.8 Å². The number of imidazole rings is 1. The number of hydrogen-bond donors (Lipinski definition) is 1. The number of anilines is 1. The number of likely N-dealkylation sites (tertiary alicyclic amines) is 1. The number of rotatable bonds is 8. The van der Waals surface area contributed by atoms with Crippen LogP contribution in [0.2, 0.25) is 0 Å². The van der Waals surface area contributed by atoms with E-state index in [1.807, 2.05) is 17.8 Å². The standard InChI is InChI=1S/C23H26N4O5S/c1-26-11-8-24-23(26)33-14-15-6-7-18(32-15)21(28)25-17-13-20(31-3)19(30-2)12-16(17)22(29)27-9-4-5-10-27/h6-8,11-13H,4-5,9-10,14H2,1-3H3,(H,25,28). The van der Waals surface area contributed by atoms with Crippen molar-refractivity contribution < 1.29 is 23.5 Å². The van der Waals surface area contributed by atoms with Gasteiger partial charge in [0.15, 0.2) is 22.4 Å². The Balaban J connectivity index is 1.53. The van der Waals surface area contributed by atoms with Crippen LogP contribution in [0.1, 0.15) is 39.5 Å². The van der Waals surface area contributed by atoms with Crippen molar-refractivity contribution in [2.45, 2.75) is 23.8 Å². The molecule has 0 spiro atoms. The summed E-state index contributed by atoms with van der Waals surface area (Å²) in [7, 11) is 4.93. The fourth-order valence-corrected chi connectivity index (χ4v) is 4.46. The molecule has 1 fully saturated rings. The third-order valence-electron chi connectivity index (χ3n) is 5.40. The predicted octanol–water partition coefficient (Wildman–Crippen LogP) is 3.81. The van der Waals surface area contributed by atoms with Crippen LogP contribution in [0.15, 0.2) is 46.2 Å². The highest BCUT2D eigenvalue weighted by atomic mass is 32.2. The second-order valence-corrected chi connectivity index (χ2v) is 8.52. The highest BCUT2D eigenvalue weighted by Gasteiger charge is 2.25. The molecule has 0 aliphatic carbocycles. The van der Waals surface area contributed by atoms with E-state index in [0.29, 0.717) is 47.4 Å². The molecule has 1 saturated heterocycles. The molecule has 9 nitrogen and oxygen atoms in total. The summed E-state index contributed by atoms with van der Waals surface area (Å²) in [5, 5.41) is 3.66. The number of carbonyl (C=O) groups excluding carboxylic acids is 2. The van der Waals surface area contributed by atoms with Gasteiger partial charge in [0.2, 0.25) is 0 Å². The number of benzene rings is 1. The summed E-state index contributed by atoms with van der Waals surface area (Å²) in [5.41, 5.74) is 0.690. The molecule has 3 aromatic rings. The molecular formula is C23H26N4O5S. The Bertz CT molecular complexity index is 1150. The first kappa shape index (κ1) is 22.8. The van der Waals surface area contributed by atoms with Crippen LogP contribution in [0.5, 0.6) is 11.5 Å². The number of ether oxygens (including phenoxy) is 2. The first-order chi connectivity index (χ1) is 16.0. The molecule has 0 bridgehead atoms. The van der Waals surface area contributed by atoms with E-state index in [1.54, 1.807) is 35.4 Å². The van der Waals surface area contributed by atoms with Gasteiger partial charge < -0.3 is 28.7 Å². The van der Waals surface area contributed by atoms with Crippen LogP contribution < -0.4 is 14.8 Å². The van der Waals surface area contributed by atoms with Gasteiger partial charge in [0.25, 0.3) is 11.8 Å². The monoisotopic (exact) mass is 470 g/mol. The normalized spacial score (nSPS) is 13.2. The van der Waals surface area contributed by atoms with Crippen LogP contribution in [0.3, 0.4) is 0 Å². The Kier molecular flexibility index (Phi) is 6.93. The number of hydrogen-bond acceptors (Lipinski definition) is 7. The van der Waals surface area contributed by atoms with Crippen LogP contribution in [-0.4, -0.2) is 53.6 Å². The first-order valence-corrected chi connectivity index (χ1v) is 11.5. The first-order valence-electron chi connectivity index (χ1n) is 10.6. The minimum Gasteiger partial charge on any atom is -0.493 e. The summed E-state index contributed by atoms with van der Waals surface area (Å²) >= 11 is 1.51. The largest absolute Gasteiger partial charge is 0.493 e. The minimum atomic E-state index is -0.453. The zero-order chi connectivity index (χ0) is 23.4. The highest BCUT2D eigenvalue weighted by molar-refractivity contribution is 7.98. The Morgan fingerprint density at radius 2 is 1.88 bits per heavy atom. The maximum atomic E-state index is 13.1. The summed E-state index contributed by atoms with van der Waals surface area (Å²) in [6.45, 7) is 1.38. The van der Waals surface area contributed by atoms with Gasteiger partial charge in [0.1, 0.15) is 5.76 Å². The van der Waals surface area contributed by atoms with Crippen molar-refractivity contribution in [3.8, 4) is 11.5 Å². The fraction of sp³-hybridized carbons (Fsp3) is 0.348. The van der Waals surface area contributed by atoms with Gasteiger partial charge in [-0.05, 0) is 31.0 Å². The number of carbonyl (C=O) groups is 2. The number of aryl methyl sites for hydroxylation is 1. The SMILES string of the molecule is COc1cc(NC(=O)c2ccc(CSc3nccn3C)o2)c(C(=O)N2CCCC2)cc1OC. The lowest BCUT2D eigenvalue weighted by atomic mass is 10.1. The van der Waals surface area contributed by atoms with Crippen molar-refractivity contribution in [1.82, 2.24) is 14.5 Å². The number of amides is 2. The van der Waals surface area contributed by atoms with Crippen molar-refractivity contribution in [3.63, 3.8) is 0 Å². The van der Waals surface area contributed by atoms with Gasteiger partial charge in [0, 0.05) is 38.6 Å². The number of nitrogens with zero attached hydrogens (tertiary/aromatic N) is 3. The van der Waals surface area contributed by atoms with E-state index in [2.05, 4.69) is 10.3 Å². The zero-order valence-corrected chi connectivity index (χ0v) is 19.6. The predicted molar refractivity (Wildman–Crippen MR) is 124 cm³/mol. The molecule has 3 heterocycles. The lowest BCUT2D eigenvalue weighted by Gasteiger charge is -2.19. The summed E-state index contributed by atoms with van der Waals surface area (Å²) in [6, 6.07) is 6.58. The summed E-state index contributed by atoms with van der Waals surface area (Å²) in [5.74, 6) is 1.56. The van der Waals surface area contributed by atoms with Crippen LogP contribution in [-0.2, 0) is 12.8 Å². The minimum absolute atomic E-state index is 0.153. The molecule has 2 amide bonds. The van der Waals surface area contributed by atoms with Crippen LogP contribution >= 0.6 is 11.8 Å². The third kappa shape index (κ3) is 5.00. The van der Waals surface area contributed by atoms with Crippen molar-refractivity contribution in [1.29, 1.82) is 0 Å². The molecule has 2 aromatic heterocycles. The van der Waals surface area contributed by atoms with Crippen LogP contribution in [0, 0.1) is 0 Å². The molecule has 10 heteroatoms. The molecule has 1 aliphatic heterocycles. The van der Waals surface area contributed by atoms with Gasteiger partial charge in [-0.3, -0.25) is 9.59 Å². The highest BCUT2D eigenvalue weighted by Crippen LogP contribution is 2.35. The molecule has 1 aliphatic rings. The average Bonchev–Trinajstić information content (AvgIpc) is 3.59. The van der Waals surface area contributed by atoms with Crippen LogP contribution in [0.4, 0.5) is 5.69 Å². The second kappa shape index (κ2) is 10.0. The number of nitrogens with one attached hydrogen (secondary N) is 1. The van der Waals surface area contributed by atoms with E-state index >= 15 is 0 Å². The Hall–Kier alpha value is -3.40. The fourth-order valence-electron chi connectivity index (χ4n) is 3.64. The van der Waals surface area contributed by atoms with Gasteiger partial charge in [-0.25, -0.2) is 4.98 Å². The Morgan fingerprint density at radius 3 is 2.55 bits per heavy atom. The maximum Gasteiger partial charge on any atom is 0.291 e. The van der Waals surface area contributed by atoms with E-state index in [-0.39, 0.29) is 11.7 Å². The Morgan fingerprint density at radius 1 is 1.15 bits per heavy atom. The quantitative estimate of drug-likeness (QED) is 0.500. The van der Waals surface area contributed by atoms with Gasteiger partial charge in [-0.15, -0.1) is 0 Å². The van der Waals surface area contributed by atoms with Crippen molar-refractivity contribution in [2.75, 3.05) is 32.6 Å². The second-order valence-electron chi connectivity index (χ2n) is 7.58. The molecule has 1 aromatic carbocycles. The maximum absolute atomic E-state index is 13.1. The third-order valence-corrected chi connectivity index (χ3v) is 6.48. The molecule has 0 unspecified atom stereocenters.